The standard InChI is InChI=1S/C20H16N4O2S/c1-12(25)23-19-9-18-16(8-20(19)26-2)15(13-3-5-21-6-4-13)7-17(24-18)14-10-22-27-11-14/h3-11H,1-2H3,(H,23,25). The number of nitrogens with zero attached hydrogens (tertiary/aromatic N) is 3. The van der Waals surface area contributed by atoms with Crippen LogP contribution in [-0.4, -0.2) is 27.4 Å². The van der Waals surface area contributed by atoms with E-state index in [1.165, 1.54) is 18.5 Å². The molecule has 1 amide bonds. The summed E-state index contributed by atoms with van der Waals surface area (Å²) >= 11 is 1.38. The van der Waals surface area contributed by atoms with Crippen LogP contribution in [0.3, 0.4) is 0 Å². The number of pyridine rings is 2. The second-order valence-electron chi connectivity index (χ2n) is 5.95. The molecular weight excluding hydrogens is 360 g/mol. The van der Waals surface area contributed by atoms with Crippen LogP contribution in [0.25, 0.3) is 33.3 Å². The van der Waals surface area contributed by atoms with Gasteiger partial charge >= 0.3 is 0 Å². The van der Waals surface area contributed by atoms with Crippen LogP contribution in [0, 0.1) is 0 Å². The maximum Gasteiger partial charge on any atom is 0.221 e. The van der Waals surface area contributed by atoms with Gasteiger partial charge in [-0.05, 0) is 53.0 Å². The molecule has 4 aromatic rings. The SMILES string of the molecule is COc1cc2c(-c3ccncc3)cc(-c3cnsc3)nc2cc1NC(C)=O. The highest BCUT2D eigenvalue weighted by atomic mass is 32.1. The molecule has 7 heteroatoms. The van der Waals surface area contributed by atoms with Crippen LogP contribution in [0.4, 0.5) is 5.69 Å². The summed E-state index contributed by atoms with van der Waals surface area (Å²) in [6.45, 7) is 1.47. The molecule has 3 aromatic heterocycles. The van der Waals surface area contributed by atoms with E-state index < -0.39 is 0 Å². The molecule has 0 unspecified atom stereocenters. The third-order valence-corrected chi connectivity index (χ3v) is 4.75. The van der Waals surface area contributed by atoms with E-state index in [0.717, 1.165) is 33.3 Å². The van der Waals surface area contributed by atoms with Crippen LogP contribution in [-0.2, 0) is 4.79 Å². The van der Waals surface area contributed by atoms with Gasteiger partial charge in [-0.3, -0.25) is 9.78 Å². The van der Waals surface area contributed by atoms with Gasteiger partial charge in [-0.25, -0.2) is 9.36 Å². The topological polar surface area (TPSA) is 77.0 Å². The molecule has 0 bridgehead atoms. The lowest BCUT2D eigenvalue weighted by atomic mass is 9.99. The molecule has 6 nitrogen and oxygen atoms in total. The van der Waals surface area contributed by atoms with Crippen molar-refractivity contribution in [3.05, 3.63) is 54.3 Å². The Kier molecular flexibility index (Phi) is 4.52. The number of carbonyl (C=O) groups is 1. The maximum atomic E-state index is 11.6. The number of benzene rings is 1. The molecule has 0 aliphatic heterocycles. The monoisotopic (exact) mass is 376 g/mol. The van der Waals surface area contributed by atoms with Gasteiger partial charge in [-0.1, -0.05) is 0 Å². The zero-order chi connectivity index (χ0) is 18.8. The van der Waals surface area contributed by atoms with Gasteiger partial charge in [0.05, 0.1) is 30.2 Å². The Morgan fingerprint density at radius 2 is 1.96 bits per heavy atom. The van der Waals surface area contributed by atoms with Gasteiger partial charge in [-0.2, -0.15) is 0 Å². The number of nitrogens with one attached hydrogen (secondary N) is 1. The average molecular weight is 376 g/mol. The first-order valence-electron chi connectivity index (χ1n) is 8.26. The molecule has 0 spiro atoms. The van der Waals surface area contributed by atoms with Crippen molar-refractivity contribution in [1.29, 1.82) is 0 Å². The minimum absolute atomic E-state index is 0.166. The summed E-state index contributed by atoms with van der Waals surface area (Å²) in [6, 6.07) is 9.69. The Bertz CT molecular complexity index is 1110. The van der Waals surface area contributed by atoms with E-state index in [1.807, 2.05) is 35.7 Å². The maximum absolute atomic E-state index is 11.6. The van der Waals surface area contributed by atoms with E-state index in [2.05, 4.69) is 14.7 Å². The van der Waals surface area contributed by atoms with Crippen molar-refractivity contribution in [3.8, 4) is 28.1 Å². The lowest BCUT2D eigenvalue weighted by Crippen LogP contribution is -2.07. The van der Waals surface area contributed by atoms with Gasteiger partial charge in [0.1, 0.15) is 5.75 Å². The fourth-order valence-corrected chi connectivity index (χ4v) is 3.49. The summed E-state index contributed by atoms with van der Waals surface area (Å²) in [5, 5.41) is 5.70. The van der Waals surface area contributed by atoms with E-state index in [9.17, 15) is 4.79 Å². The van der Waals surface area contributed by atoms with E-state index in [-0.39, 0.29) is 5.91 Å². The summed E-state index contributed by atoms with van der Waals surface area (Å²) in [4.78, 5) is 20.5. The zero-order valence-electron chi connectivity index (χ0n) is 14.8. The molecule has 0 radical (unpaired) electrons. The van der Waals surface area contributed by atoms with E-state index >= 15 is 0 Å². The van der Waals surface area contributed by atoms with Gasteiger partial charge in [0.25, 0.3) is 0 Å². The number of rotatable bonds is 4. The first kappa shape index (κ1) is 17.1. The van der Waals surface area contributed by atoms with Crippen LogP contribution in [0.5, 0.6) is 5.75 Å². The summed E-state index contributed by atoms with van der Waals surface area (Å²) in [7, 11) is 1.58. The minimum atomic E-state index is -0.166. The van der Waals surface area contributed by atoms with Gasteiger partial charge in [-0.15, -0.1) is 0 Å². The van der Waals surface area contributed by atoms with E-state index in [0.29, 0.717) is 11.4 Å². The minimum Gasteiger partial charge on any atom is -0.495 e. The number of hydrogen-bond donors (Lipinski definition) is 1. The van der Waals surface area contributed by atoms with Crippen LogP contribution in [0.1, 0.15) is 6.92 Å². The number of aromatic nitrogens is 3. The Morgan fingerprint density at radius 1 is 1.15 bits per heavy atom. The highest BCUT2D eigenvalue weighted by Crippen LogP contribution is 2.37. The summed E-state index contributed by atoms with van der Waals surface area (Å²) < 4.78 is 9.66. The van der Waals surface area contributed by atoms with Crippen molar-refractivity contribution >= 4 is 34.0 Å². The smallest absolute Gasteiger partial charge is 0.221 e. The Morgan fingerprint density at radius 3 is 2.63 bits per heavy atom. The number of amides is 1. The molecule has 3 heterocycles. The van der Waals surface area contributed by atoms with Crippen molar-refractivity contribution in [2.24, 2.45) is 0 Å². The molecule has 27 heavy (non-hydrogen) atoms. The van der Waals surface area contributed by atoms with Crippen molar-refractivity contribution < 1.29 is 9.53 Å². The summed E-state index contributed by atoms with van der Waals surface area (Å²) in [5.41, 5.74) is 5.16. The van der Waals surface area contributed by atoms with E-state index in [4.69, 9.17) is 9.72 Å². The van der Waals surface area contributed by atoms with Gasteiger partial charge < -0.3 is 10.1 Å². The quantitative estimate of drug-likeness (QED) is 0.572. The van der Waals surface area contributed by atoms with E-state index in [1.54, 1.807) is 25.7 Å². The van der Waals surface area contributed by atoms with Gasteiger partial charge in [0.2, 0.25) is 5.91 Å². The molecule has 0 fully saturated rings. The van der Waals surface area contributed by atoms with Crippen molar-refractivity contribution in [1.82, 2.24) is 14.3 Å². The number of hydrogen-bond acceptors (Lipinski definition) is 6. The average Bonchev–Trinajstić information content (AvgIpc) is 3.21. The number of methoxy groups -OCH3 is 1. The van der Waals surface area contributed by atoms with Crippen molar-refractivity contribution in [3.63, 3.8) is 0 Å². The first-order chi connectivity index (χ1) is 13.2. The summed E-state index contributed by atoms with van der Waals surface area (Å²) in [6.07, 6.45) is 5.32. The highest BCUT2D eigenvalue weighted by molar-refractivity contribution is 7.03. The number of ether oxygens (including phenoxy) is 1. The number of anilines is 1. The number of carbonyl (C=O) groups excluding carboxylic acids is 1. The predicted octanol–water partition coefficient (Wildman–Crippen LogP) is 4.39. The lowest BCUT2D eigenvalue weighted by Gasteiger charge is -2.14. The molecule has 0 atom stereocenters. The highest BCUT2D eigenvalue weighted by Gasteiger charge is 2.14. The molecule has 0 saturated heterocycles. The molecule has 0 aliphatic rings. The Hall–Kier alpha value is -3.32. The second-order valence-corrected chi connectivity index (χ2v) is 6.61. The number of fused-ring (bicyclic) bond motifs is 1. The van der Waals surface area contributed by atoms with Crippen molar-refractivity contribution in [2.45, 2.75) is 6.92 Å². The van der Waals surface area contributed by atoms with Crippen LogP contribution in [0.2, 0.25) is 0 Å². The molecule has 134 valence electrons. The molecular formula is C20H16N4O2S. The Balaban J connectivity index is 2.02. The third-order valence-electron chi connectivity index (χ3n) is 4.16. The van der Waals surface area contributed by atoms with Crippen molar-refractivity contribution in [2.75, 3.05) is 12.4 Å². The third kappa shape index (κ3) is 3.37. The summed E-state index contributed by atoms with van der Waals surface area (Å²) in [5.74, 6) is 0.417. The largest absolute Gasteiger partial charge is 0.495 e. The van der Waals surface area contributed by atoms with Crippen LogP contribution >= 0.6 is 11.5 Å². The predicted molar refractivity (Wildman–Crippen MR) is 107 cm³/mol. The molecule has 0 aliphatic carbocycles. The molecule has 4 rings (SSSR count). The van der Waals surface area contributed by atoms with Crippen LogP contribution in [0.15, 0.2) is 54.3 Å². The molecule has 0 saturated carbocycles. The second kappa shape index (κ2) is 7.13. The Labute approximate surface area is 160 Å². The van der Waals surface area contributed by atoms with Crippen LogP contribution < -0.4 is 10.1 Å². The molecule has 1 N–H and O–H groups in total. The van der Waals surface area contributed by atoms with Gasteiger partial charge in [0, 0.05) is 35.6 Å². The zero-order valence-corrected chi connectivity index (χ0v) is 15.6. The fourth-order valence-electron chi connectivity index (χ4n) is 2.96. The lowest BCUT2D eigenvalue weighted by molar-refractivity contribution is -0.114. The first-order valence-corrected chi connectivity index (χ1v) is 9.10. The van der Waals surface area contributed by atoms with Gasteiger partial charge in [0.15, 0.2) is 0 Å². The normalized spacial score (nSPS) is 10.7. The fraction of sp³-hybridized carbons (Fsp3) is 0.100. The molecule has 1 aromatic carbocycles.